The van der Waals surface area contributed by atoms with Crippen molar-refractivity contribution in [2.24, 2.45) is 0 Å². The van der Waals surface area contributed by atoms with Crippen LogP contribution < -0.4 is 10.2 Å². The van der Waals surface area contributed by atoms with Crippen LogP contribution in [0.2, 0.25) is 0 Å². The third-order valence-electron chi connectivity index (χ3n) is 3.57. The number of hydrogen-bond donors (Lipinski definition) is 2. The highest BCUT2D eigenvalue weighted by Gasteiger charge is 2.25. The minimum Gasteiger partial charge on any atom is -0.573 e. The zero-order valence-corrected chi connectivity index (χ0v) is 14.2. The van der Waals surface area contributed by atoms with Crippen molar-refractivity contribution in [2.45, 2.75) is 13.3 Å². The summed E-state index contributed by atoms with van der Waals surface area (Å²) >= 11 is 1.08. The number of nitrogens with one attached hydrogen (secondary N) is 1. The van der Waals surface area contributed by atoms with E-state index < -0.39 is 14.0 Å². The van der Waals surface area contributed by atoms with Crippen molar-refractivity contribution in [1.82, 2.24) is 9.65 Å². The number of aliphatic hydroxyl groups is 1. The van der Waals surface area contributed by atoms with E-state index in [2.05, 4.69) is 5.32 Å². The minimum absolute atomic E-state index is 0.000585. The Balaban J connectivity index is 2.12. The van der Waals surface area contributed by atoms with Gasteiger partial charge in [0.15, 0.2) is 11.5 Å². The van der Waals surface area contributed by atoms with Crippen LogP contribution >= 0.6 is 19.9 Å². The summed E-state index contributed by atoms with van der Waals surface area (Å²) in [6, 6.07) is 4.03. The molecule has 1 aromatic heterocycles. The first kappa shape index (κ1) is 16.7. The number of Topliss-reactive ketones (excluding diaryl/α,β-unsaturated/α-hetero) is 1. The first-order chi connectivity index (χ1) is 11.4. The molecule has 1 aromatic carbocycles. The molecule has 2 aromatic rings. The van der Waals surface area contributed by atoms with Crippen molar-refractivity contribution in [1.29, 1.82) is 0 Å². The molecular formula is C15H12FN2O4PS. The summed E-state index contributed by atoms with van der Waals surface area (Å²) in [6.45, 7) is 1.71. The largest absolute Gasteiger partial charge is 0.573 e. The molecule has 2 N–H and O–H groups in total. The number of thioether (sulfide) groups is 1. The number of allylic oxidation sites excluding steroid dienone is 1. The summed E-state index contributed by atoms with van der Waals surface area (Å²) in [4.78, 5) is 23.1. The van der Waals surface area contributed by atoms with Gasteiger partial charge in [0.25, 0.3) is 0 Å². The smallest absolute Gasteiger partial charge is 0.444 e. The molecule has 124 valence electrons. The Labute approximate surface area is 141 Å². The lowest BCUT2D eigenvalue weighted by molar-refractivity contribution is -0.166. The van der Waals surface area contributed by atoms with Crippen LogP contribution in [0.5, 0.6) is 0 Å². The van der Waals surface area contributed by atoms with Crippen LogP contribution in [-0.4, -0.2) is 15.2 Å². The predicted octanol–water partition coefficient (Wildman–Crippen LogP) is 2.99. The summed E-state index contributed by atoms with van der Waals surface area (Å²) in [5.74, 6) is -1.09. The van der Waals surface area contributed by atoms with Gasteiger partial charge < -0.3 is 15.3 Å². The van der Waals surface area contributed by atoms with Gasteiger partial charge in [0.2, 0.25) is 0 Å². The van der Waals surface area contributed by atoms with Crippen molar-refractivity contribution >= 4 is 42.4 Å². The van der Waals surface area contributed by atoms with E-state index in [9.17, 15) is 23.7 Å². The lowest BCUT2D eigenvalue weighted by atomic mass is 10.1. The number of aromatic nitrogens is 1. The van der Waals surface area contributed by atoms with Gasteiger partial charge >= 0.3 is 8.18 Å². The molecule has 0 aliphatic carbocycles. The quantitative estimate of drug-likeness (QED) is 0.638. The van der Waals surface area contributed by atoms with Gasteiger partial charge in [0, 0.05) is 11.8 Å². The number of rotatable bonds is 4. The van der Waals surface area contributed by atoms with Crippen molar-refractivity contribution in [3.05, 3.63) is 51.9 Å². The lowest BCUT2D eigenvalue weighted by Crippen LogP contribution is -2.14. The van der Waals surface area contributed by atoms with E-state index in [0.29, 0.717) is 12.1 Å². The number of carbonyl (C=O) groups is 1. The fourth-order valence-electron chi connectivity index (χ4n) is 2.40. The Kier molecular flexibility index (Phi) is 4.45. The van der Waals surface area contributed by atoms with Gasteiger partial charge in [-0.15, -0.1) is 4.34 Å². The highest BCUT2D eigenvalue weighted by atomic mass is 32.2. The van der Waals surface area contributed by atoms with Crippen LogP contribution in [0.15, 0.2) is 40.5 Å². The van der Waals surface area contributed by atoms with Crippen molar-refractivity contribution in [3.8, 4) is 0 Å². The summed E-state index contributed by atoms with van der Waals surface area (Å²) in [5, 5.41) is 15.1. The molecule has 0 bridgehead atoms. The topological polar surface area (TPSA) is 94.4 Å². The molecule has 0 fully saturated rings. The van der Waals surface area contributed by atoms with Crippen molar-refractivity contribution < 1.29 is 23.7 Å². The average molecular weight is 366 g/mol. The lowest BCUT2D eigenvalue weighted by Gasteiger charge is -2.06. The van der Waals surface area contributed by atoms with Gasteiger partial charge in [0.05, 0.1) is 28.4 Å². The van der Waals surface area contributed by atoms with E-state index in [1.54, 1.807) is 12.3 Å². The van der Waals surface area contributed by atoms with Gasteiger partial charge in [-0.25, -0.2) is 4.39 Å². The van der Waals surface area contributed by atoms with E-state index >= 15 is 0 Å². The first-order valence-electron chi connectivity index (χ1n) is 6.99. The molecule has 1 aliphatic rings. The normalized spacial score (nSPS) is 16.8. The number of aliphatic hydroxyl groups excluding tert-OH is 1. The molecule has 0 saturated carbocycles. The third kappa shape index (κ3) is 2.73. The molecule has 0 saturated heterocycles. The monoisotopic (exact) mass is 366 g/mol. The second kappa shape index (κ2) is 6.39. The minimum atomic E-state index is -3.02. The van der Waals surface area contributed by atoms with Crippen LogP contribution in [0, 0.1) is 5.82 Å². The van der Waals surface area contributed by atoms with E-state index in [1.807, 2.05) is 0 Å². The highest BCUT2D eigenvalue weighted by molar-refractivity contribution is 8.06. The molecule has 3 rings (SSSR count). The summed E-state index contributed by atoms with van der Waals surface area (Å²) in [6.07, 6.45) is 1.46. The SMILES string of the molecule is CCC(=O)C1=CSC(=C(O)c2cn([P+](=O)[O-])c3cccc(F)c23)N1. The molecule has 9 heteroatoms. The van der Waals surface area contributed by atoms with Crippen LogP contribution in [0.1, 0.15) is 18.9 Å². The Hall–Kier alpha value is -2.15. The molecule has 6 nitrogen and oxygen atoms in total. The Morgan fingerprint density at radius 3 is 2.92 bits per heavy atom. The highest BCUT2D eigenvalue weighted by Crippen LogP contribution is 2.37. The summed E-state index contributed by atoms with van der Waals surface area (Å²) in [7, 11) is -3.02. The number of fused-ring (bicyclic) bond motifs is 1. The number of carbonyl (C=O) groups excluding carboxylic acids is 1. The molecular weight excluding hydrogens is 354 g/mol. The fraction of sp³-hybridized carbons (Fsp3) is 0.133. The first-order valence-corrected chi connectivity index (χ1v) is 9.00. The van der Waals surface area contributed by atoms with Gasteiger partial charge in [-0.1, -0.05) is 24.8 Å². The predicted molar refractivity (Wildman–Crippen MR) is 88.6 cm³/mol. The maximum absolute atomic E-state index is 14.2. The number of hydrogen-bond acceptors (Lipinski definition) is 6. The maximum Gasteiger partial charge on any atom is 0.444 e. The molecule has 24 heavy (non-hydrogen) atoms. The van der Waals surface area contributed by atoms with Crippen LogP contribution in [-0.2, 0) is 9.36 Å². The Morgan fingerprint density at radius 1 is 1.50 bits per heavy atom. The fourth-order valence-corrected chi connectivity index (χ4v) is 3.77. The molecule has 0 radical (unpaired) electrons. The van der Waals surface area contributed by atoms with Gasteiger partial charge in [0.1, 0.15) is 10.8 Å². The molecule has 0 amide bonds. The number of benzene rings is 1. The number of halogens is 1. The second-order valence-electron chi connectivity index (χ2n) is 4.99. The van der Waals surface area contributed by atoms with E-state index in [1.165, 1.54) is 18.2 Å². The molecule has 1 atom stereocenters. The van der Waals surface area contributed by atoms with Crippen LogP contribution in [0.3, 0.4) is 0 Å². The van der Waals surface area contributed by atoms with E-state index in [-0.39, 0.29) is 33.0 Å². The summed E-state index contributed by atoms with van der Waals surface area (Å²) in [5.41, 5.74) is 0.508. The van der Waals surface area contributed by atoms with E-state index in [0.717, 1.165) is 22.3 Å². The van der Waals surface area contributed by atoms with Crippen molar-refractivity contribution in [3.63, 3.8) is 0 Å². The molecule has 1 unspecified atom stereocenters. The zero-order chi connectivity index (χ0) is 17.4. The number of ketones is 1. The van der Waals surface area contributed by atoms with Gasteiger partial charge in [-0.05, 0) is 16.7 Å². The van der Waals surface area contributed by atoms with Crippen LogP contribution in [0.25, 0.3) is 16.7 Å². The van der Waals surface area contributed by atoms with Crippen molar-refractivity contribution in [2.75, 3.05) is 0 Å². The standard InChI is InChI=1S/C15H12FN2O4PS/c1-2-12(19)10-7-24-15(17-10)14(20)8-6-18(23(21)22)11-5-3-4-9(16)13(8)11/h3-7,17,20H,2H2,1H3. The molecule has 0 spiro atoms. The van der Waals surface area contributed by atoms with Gasteiger partial charge in [-0.3, -0.25) is 4.79 Å². The Morgan fingerprint density at radius 2 is 2.25 bits per heavy atom. The van der Waals surface area contributed by atoms with Crippen LogP contribution in [0.4, 0.5) is 4.39 Å². The van der Waals surface area contributed by atoms with Gasteiger partial charge in [-0.2, -0.15) is 0 Å². The Bertz CT molecular complexity index is 935. The maximum atomic E-state index is 14.2. The average Bonchev–Trinajstić information content (AvgIpc) is 3.19. The zero-order valence-electron chi connectivity index (χ0n) is 12.4. The molecule has 2 heterocycles. The second-order valence-corrected chi connectivity index (χ2v) is 6.77. The third-order valence-corrected chi connectivity index (χ3v) is 5.14. The molecule has 1 aliphatic heterocycles. The van der Waals surface area contributed by atoms with E-state index in [4.69, 9.17) is 0 Å². The summed E-state index contributed by atoms with van der Waals surface area (Å²) < 4.78 is 26.4. The number of nitrogens with zero attached hydrogens (tertiary/aromatic N) is 1.